The minimum atomic E-state index is 0.871. The molecule has 0 aliphatic carbocycles. The van der Waals surface area contributed by atoms with Gasteiger partial charge in [0.25, 0.3) is 0 Å². The lowest BCUT2D eigenvalue weighted by molar-refractivity contribution is 0.478. The molecule has 0 amide bonds. The second kappa shape index (κ2) is 13.1. The molecule has 0 saturated heterocycles. The van der Waals surface area contributed by atoms with E-state index < -0.39 is 0 Å². The molecule has 1 aliphatic heterocycles. The zero-order valence-corrected chi connectivity index (χ0v) is 32.2. The Morgan fingerprint density at radius 1 is 0.414 bits per heavy atom. The fourth-order valence-electron chi connectivity index (χ4n) is 8.88. The minimum absolute atomic E-state index is 0.871. The molecule has 3 nitrogen and oxygen atoms in total. The zero-order chi connectivity index (χ0) is 38.2. The number of hydrogen-bond acceptors (Lipinski definition) is 3. The van der Waals surface area contributed by atoms with Crippen LogP contribution in [0.4, 0.5) is 17.1 Å². The summed E-state index contributed by atoms with van der Waals surface area (Å²) < 4.78 is 11.7. The minimum Gasteiger partial charge on any atom is -0.452 e. The summed E-state index contributed by atoms with van der Waals surface area (Å²) in [6.45, 7) is 0. The van der Waals surface area contributed by atoms with Crippen LogP contribution in [-0.2, 0) is 0 Å². The molecule has 2 aromatic heterocycles. The fraction of sp³-hybridized carbons (Fsp3) is 0. The topological polar surface area (TPSA) is 17.4 Å². The van der Waals surface area contributed by atoms with Crippen molar-refractivity contribution >= 4 is 70.4 Å². The van der Waals surface area contributed by atoms with Crippen LogP contribution in [0.5, 0.6) is 11.5 Å². The summed E-state index contributed by atoms with van der Waals surface area (Å²) in [7, 11) is 0. The third-order valence-electron chi connectivity index (χ3n) is 11.6. The van der Waals surface area contributed by atoms with Gasteiger partial charge in [-0.2, -0.15) is 0 Å². The lowest BCUT2D eigenvalue weighted by Crippen LogP contribution is -2.10. The van der Waals surface area contributed by atoms with Crippen LogP contribution in [0.15, 0.2) is 206 Å². The fourth-order valence-corrected chi connectivity index (χ4v) is 10.1. The van der Waals surface area contributed by atoms with E-state index in [1.807, 2.05) is 11.3 Å². The van der Waals surface area contributed by atoms with Crippen molar-refractivity contribution in [1.82, 2.24) is 4.57 Å². The number of nitrogens with zero attached hydrogens (tertiary/aromatic N) is 2. The van der Waals surface area contributed by atoms with Gasteiger partial charge in [-0.25, -0.2) is 0 Å². The highest BCUT2D eigenvalue weighted by Crippen LogP contribution is 2.50. The van der Waals surface area contributed by atoms with Gasteiger partial charge in [0.2, 0.25) is 0 Å². The second-order valence-electron chi connectivity index (χ2n) is 14.9. The lowest BCUT2D eigenvalue weighted by Gasteiger charge is -2.27. The van der Waals surface area contributed by atoms with Crippen molar-refractivity contribution < 1.29 is 4.74 Å². The Labute approximate surface area is 339 Å². The molecule has 9 aromatic carbocycles. The largest absolute Gasteiger partial charge is 0.452 e. The van der Waals surface area contributed by atoms with Gasteiger partial charge in [0.1, 0.15) is 0 Å². The number of thiophene rings is 1. The molecule has 12 rings (SSSR count). The molecule has 4 heteroatoms. The second-order valence-corrected chi connectivity index (χ2v) is 15.9. The van der Waals surface area contributed by atoms with Crippen LogP contribution in [0, 0.1) is 0 Å². The molecule has 0 unspecified atom stereocenters. The summed E-state index contributed by atoms with van der Waals surface area (Å²) in [4.78, 5) is 2.40. The molecule has 0 spiro atoms. The predicted octanol–water partition coefficient (Wildman–Crippen LogP) is 15.7. The van der Waals surface area contributed by atoms with E-state index in [0.29, 0.717) is 0 Å². The Hall–Kier alpha value is -7.40. The van der Waals surface area contributed by atoms with E-state index in [9.17, 15) is 0 Å². The van der Waals surface area contributed by atoms with Crippen molar-refractivity contribution in [3.05, 3.63) is 206 Å². The maximum absolute atomic E-state index is 6.80. The van der Waals surface area contributed by atoms with Gasteiger partial charge in [0.15, 0.2) is 11.5 Å². The zero-order valence-electron chi connectivity index (χ0n) is 31.3. The van der Waals surface area contributed by atoms with Crippen molar-refractivity contribution in [2.24, 2.45) is 0 Å². The molecular formula is C54H34N2OS. The van der Waals surface area contributed by atoms with Crippen LogP contribution < -0.4 is 9.64 Å². The monoisotopic (exact) mass is 758 g/mol. The third kappa shape index (κ3) is 5.12. The number of rotatable bonds is 6. The number of anilines is 3. The molecule has 58 heavy (non-hydrogen) atoms. The summed E-state index contributed by atoms with van der Waals surface area (Å²) >= 11 is 1.85. The van der Waals surface area contributed by atoms with Crippen molar-refractivity contribution in [3.8, 4) is 50.6 Å². The number of fused-ring (bicyclic) bond motifs is 8. The van der Waals surface area contributed by atoms with Crippen LogP contribution in [0.3, 0.4) is 0 Å². The van der Waals surface area contributed by atoms with Gasteiger partial charge in [-0.3, -0.25) is 0 Å². The Kier molecular flexibility index (Phi) is 7.40. The third-order valence-corrected chi connectivity index (χ3v) is 12.8. The number of aromatic nitrogens is 1. The highest BCUT2D eigenvalue weighted by Gasteiger charge is 2.26. The van der Waals surface area contributed by atoms with Gasteiger partial charge in [-0.05, 0) is 82.4 Å². The molecule has 1 aliphatic rings. The number of hydrogen-bond donors (Lipinski definition) is 0. The quantitative estimate of drug-likeness (QED) is 0.168. The summed E-state index contributed by atoms with van der Waals surface area (Å²) in [5.41, 5.74) is 13.7. The lowest BCUT2D eigenvalue weighted by atomic mass is 10.00. The molecule has 0 N–H and O–H groups in total. The summed E-state index contributed by atoms with van der Waals surface area (Å²) in [6, 6.07) is 74.3. The maximum Gasteiger partial charge on any atom is 0.159 e. The molecule has 3 heterocycles. The van der Waals surface area contributed by atoms with Crippen molar-refractivity contribution in [2.45, 2.75) is 0 Å². The Balaban J connectivity index is 0.960. The SMILES string of the molecule is c1ccc(-c2ccc(-c3ccc(N(c4ccc(-c5cccc6c5Oc5cccc7c8ccccc8n-6c57)cc4)c4cccc5c4sc4ccccc45)cc3)cc2)cc1. The van der Waals surface area contributed by atoms with Crippen molar-refractivity contribution in [2.75, 3.05) is 4.90 Å². The number of ether oxygens (including phenoxy) is 1. The van der Waals surface area contributed by atoms with E-state index in [4.69, 9.17) is 4.74 Å². The van der Waals surface area contributed by atoms with Gasteiger partial charge in [0, 0.05) is 43.2 Å². The highest BCUT2D eigenvalue weighted by atomic mass is 32.1. The molecular weight excluding hydrogens is 725 g/mol. The van der Waals surface area contributed by atoms with E-state index in [1.165, 1.54) is 58.7 Å². The van der Waals surface area contributed by atoms with Crippen LogP contribution in [0.1, 0.15) is 0 Å². The van der Waals surface area contributed by atoms with Gasteiger partial charge in [-0.1, -0.05) is 152 Å². The smallest absolute Gasteiger partial charge is 0.159 e. The first-order valence-electron chi connectivity index (χ1n) is 19.7. The molecule has 272 valence electrons. The van der Waals surface area contributed by atoms with E-state index in [1.54, 1.807) is 0 Å². The number of benzene rings is 9. The first kappa shape index (κ1) is 32.8. The molecule has 0 fully saturated rings. The molecule has 11 aromatic rings. The first-order chi connectivity index (χ1) is 28.8. The van der Waals surface area contributed by atoms with Crippen LogP contribution in [-0.4, -0.2) is 4.57 Å². The standard InChI is InChI=1S/C54H34N2OS/c1-2-11-35(12-3-1)36-23-25-37(26-24-36)38-27-31-40(32-28-38)55(49-20-9-17-46-44-14-5-7-22-51(44)58-54(46)49)41-33-29-39(30-34-41)42-15-8-19-48-53(42)57-50-21-10-16-45-43-13-4-6-18-47(43)56(48)52(45)50/h1-34H. The van der Waals surface area contributed by atoms with E-state index >= 15 is 0 Å². The van der Waals surface area contributed by atoms with Crippen LogP contribution in [0.2, 0.25) is 0 Å². The summed E-state index contributed by atoms with van der Waals surface area (Å²) in [6.07, 6.45) is 0. The van der Waals surface area contributed by atoms with E-state index in [-0.39, 0.29) is 0 Å². The average Bonchev–Trinajstić information content (AvgIpc) is 3.85. The molecule has 0 radical (unpaired) electrons. The molecule has 0 saturated carbocycles. The van der Waals surface area contributed by atoms with Crippen molar-refractivity contribution in [3.63, 3.8) is 0 Å². The van der Waals surface area contributed by atoms with Gasteiger partial charge >= 0.3 is 0 Å². The van der Waals surface area contributed by atoms with E-state index in [0.717, 1.165) is 50.9 Å². The van der Waals surface area contributed by atoms with Gasteiger partial charge in [0.05, 0.1) is 27.1 Å². The van der Waals surface area contributed by atoms with E-state index in [2.05, 4.69) is 216 Å². The van der Waals surface area contributed by atoms with Crippen molar-refractivity contribution in [1.29, 1.82) is 0 Å². The Morgan fingerprint density at radius 3 is 1.74 bits per heavy atom. The van der Waals surface area contributed by atoms with Crippen LogP contribution in [0.25, 0.3) is 81.0 Å². The molecule has 0 atom stereocenters. The molecule has 0 bridgehead atoms. The highest BCUT2D eigenvalue weighted by molar-refractivity contribution is 7.26. The summed E-state index contributed by atoms with van der Waals surface area (Å²) in [5.74, 6) is 1.75. The Morgan fingerprint density at radius 2 is 0.983 bits per heavy atom. The number of para-hydroxylation sites is 3. The van der Waals surface area contributed by atoms with Gasteiger partial charge < -0.3 is 14.2 Å². The van der Waals surface area contributed by atoms with Crippen LogP contribution >= 0.6 is 11.3 Å². The first-order valence-corrected chi connectivity index (χ1v) is 20.5. The summed E-state index contributed by atoms with van der Waals surface area (Å²) in [5, 5.41) is 5.00. The maximum atomic E-state index is 6.80. The van der Waals surface area contributed by atoms with Gasteiger partial charge in [-0.15, -0.1) is 11.3 Å². The Bertz CT molecular complexity index is 3340. The normalized spacial score (nSPS) is 11.9. The predicted molar refractivity (Wildman–Crippen MR) is 245 cm³/mol. The average molecular weight is 759 g/mol.